The Morgan fingerprint density at radius 3 is 2.80 bits per heavy atom. The van der Waals surface area contributed by atoms with Crippen molar-refractivity contribution >= 4 is 5.82 Å². The SMILES string of the molecule is COc1nc(N=O)cn1C. The highest BCUT2D eigenvalue weighted by Crippen LogP contribution is 2.14. The second kappa shape index (κ2) is 2.47. The molecule has 0 aromatic carbocycles. The van der Waals surface area contributed by atoms with Crippen molar-refractivity contribution in [2.24, 2.45) is 12.2 Å². The Bertz CT molecular complexity index is 243. The van der Waals surface area contributed by atoms with Gasteiger partial charge in [-0.3, -0.25) is 0 Å². The predicted molar refractivity (Wildman–Crippen MR) is 35.2 cm³/mol. The molecule has 0 bridgehead atoms. The van der Waals surface area contributed by atoms with Crippen molar-refractivity contribution < 1.29 is 4.74 Å². The molecule has 0 radical (unpaired) electrons. The molecule has 0 unspecified atom stereocenters. The number of aryl methyl sites for hydroxylation is 1. The van der Waals surface area contributed by atoms with Crippen LogP contribution >= 0.6 is 0 Å². The first-order valence-electron chi connectivity index (χ1n) is 2.68. The lowest BCUT2D eigenvalue weighted by Gasteiger charge is -1.94. The van der Waals surface area contributed by atoms with Crippen molar-refractivity contribution in [3.05, 3.63) is 11.1 Å². The minimum Gasteiger partial charge on any atom is -0.468 e. The summed E-state index contributed by atoms with van der Waals surface area (Å²) in [6.07, 6.45) is 1.49. The van der Waals surface area contributed by atoms with Crippen LogP contribution in [0.5, 0.6) is 6.01 Å². The van der Waals surface area contributed by atoms with Gasteiger partial charge in [-0.2, -0.15) is 4.98 Å². The van der Waals surface area contributed by atoms with E-state index in [0.29, 0.717) is 6.01 Å². The number of aromatic nitrogens is 2. The second-order valence-corrected chi connectivity index (χ2v) is 1.79. The first-order chi connectivity index (χ1) is 4.77. The van der Waals surface area contributed by atoms with E-state index in [9.17, 15) is 4.91 Å². The van der Waals surface area contributed by atoms with Crippen molar-refractivity contribution in [3.63, 3.8) is 0 Å². The number of ether oxygens (including phenoxy) is 1. The molecule has 0 spiro atoms. The molecular formula is C5H7N3O2. The highest BCUT2D eigenvalue weighted by molar-refractivity contribution is 5.26. The molecule has 0 saturated carbocycles. The molecule has 1 aromatic rings. The average Bonchev–Trinajstić information content (AvgIpc) is 2.30. The van der Waals surface area contributed by atoms with Crippen LogP contribution < -0.4 is 4.74 Å². The van der Waals surface area contributed by atoms with E-state index in [0.717, 1.165) is 0 Å². The number of hydrogen-bond acceptors (Lipinski definition) is 4. The van der Waals surface area contributed by atoms with E-state index >= 15 is 0 Å². The van der Waals surface area contributed by atoms with E-state index in [1.807, 2.05) is 0 Å². The van der Waals surface area contributed by atoms with Crippen LogP contribution in [0.4, 0.5) is 5.82 Å². The van der Waals surface area contributed by atoms with E-state index in [4.69, 9.17) is 4.74 Å². The Balaban J connectivity index is 3.03. The van der Waals surface area contributed by atoms with Crippen LogP contribution in [0.1, 0.15) is 0 Å². The monoisotopic (exact) mass is 141 g/mol. The summed E-state index contributed by atoms with van der Waals surface area (Å²) in [6.45, 7) is 0. The van der Waals surface area contributed by atoms with Gasteiger partial charge in [0.05, 0.1) is 13.3 Å². The van der Waals surface area contributed by atoms with Gasteiger partial charge in [0.25, 0.3) is 6.01 Å². The topological polar surface area (TPSA) is 56.5 Å². The average molecular weight is 141 g/mol. The van der Waals surface area contributed by atoms with Gasteiger partial charge in [-0.05, 0) is 5.18 Å². The molecular weight excluding hydrogens is 134 g/mol. The Kier molecular flexibility index (Phi) is 1.66. The van der Waals surface area contributed by atoms with Crippen LogP contribution in [-0.4, -0.2) is 16.7 Å². The molecule has 0 N–H and O–H groups in total. The summed E-state index contributed by atoms with van der Waals surface area (Å²) in [4.78, 5) is 13.6. The standard InChI is InChI=1S/C5H7N3O2/c1-8-3-4(7-9)6-5(8)10-2/h3H,1-2H3. The van der Waals surface area contributed by atoms with E-state index in [1.165, 1.54) is 13.3 Å². The fourth-order valence-electron chi connectivity index (χ4n) is 0.668. The number of methoxy groups -OCH3 is 1. The van der Waals surface area contributed by atoms with Gasteiger partial charge in [-0.1, -0.05) is 0 Å². The molecule has 5 heteroatoms. The van der Waals surface area contributed by atoms with E-state index in [2.05, 4.69) is 10.2 Å². The van der Waals surface area contributed by atoms with Gasteiger partial charge >= 0.3 is 0 Å². The largest absolute Gasteiger partial charge is 0.468 e. The van der Waals surface area contributed by atoms with E-state index in [1.54, 1.807) is 11.6 Å². The fraction of sp³-hybridized carbons (Fsp3) is 0.400. The van der Waals surface area contributed by atoms with Gasteiger partial charge in [-0.25, -0.2) is 0 Å². The quantitative estimate of drug-likeness (QED) is 0.573. The zero-order valence-electron chi connectivity index (χ0n) is 5.74. The molecule has 0 amide bonds. The Morgan fingerprint density at radius 1 is 1.80 bits per heavy atom. The third-order valence-electron chi connectivity index (χ3n) is 1.10. The highest BCUT2D eigenvalue weighted by Gasteiger charge is 2.02. The molecule has 1 rings (SSSR count). The second-order valence-electron chi connectivity index (χ2n) is 1.79. The normalized spacial score (nSPS) is 9.40. The minimum absolute atomic E-state index is 0.138. The number of imidazole rings is 1. The maximum absolute atomic E-state index is 9.91. The smallest absolute Gasteiger partial charge is 0.297 e. The zero-order chi connectivity index (χ0) is 7.56. The first kappa shape index (κ1) is 6.73. The molecule has 0 aliphatic rings. The highest BCUT2D eigenvalue weighted by atomic mass is 16.5. The first-order valence-corrected chi connectivity index (χ1v) is 2.68. The van der Waals surface area contributed by atoms with Crippen molar-refractivity contribution in [1.29, 1.82) is 0 Å². The Hall–Kier alpha value is -1.39. The predicted octanol–water partition coefficient (Wildman–Crippen LogP) is 0.827. The van der Waals surface area contributed by atoms with Gasteiger partial charge in [0, 0.05) is 7.05 Å². The van der Waals surface area contributed by atoms with Crippen molar-refractivity contribution in [3.8, 4) is 6.01 Å². The molecule has 5 nitrogen and oxygen atoms in total. The lowest BCUT2D eigenvalue weighted by molar-refractivity contribution is 0.366. The van der Waals surface area contributed by atoms with E-state index < -0.39 is 0 Å². The fourth-order valence-corrected chi connectivity index (χ4v) is 0.668. The van der Waals surface area contributed by atoms with Gasteiger partial charge in [0.15, 0.2) is 0 Å². The van der Waals surface area contributed by atoms with Crippen LogP contribution in [0.3, 0.4) is 0 Å². The number of nitroso groups, excluding NO2 is 1. The van der Waals surface area contributed by atoms with Gasteiger partial charge in [-0.15, -0.1) is 4.91 Å². The van der Waals surface area contributed by atoms with E-state index in [-0.39, 0.29) is 5.82 Å². The van der Waals surface area contributed by atoms with Crippen molar-refractivity contribution in [1.82, 2.24) is 9.55 Å². The van der Waals surface area contributed by atoms with Crippen LogP contribution in [0.2, 0.25) is 0 Å². The lowest BCUT2D eigenvalue weighted by atomic mass is 10.8. The lowest BCUT2D eigenvalue weighted by Crippen LogP contribution is -1.92. The number of hydrogen-bond donors (Lipinski definition) is 0. The van der Waals surface area contributed by atoms with Crippen LogP contribution in [0.25, 0.3) is 0 Å². The van der Waals surface area contributed by atoms with Crippen LogP contribution in [0.15, 0.2) is 11.4 Å². The number of rotatable bonds is 2. The molecule has 10 heavy (non-hydrogen) atoms. The maximum Gasteiger partial charge on any atom is 0.297 e. The third-order valence-corrected chi connectivity index (χ3v) is 1.10. The molecule has 0 saturated heterocycles. The summed E-state index contributed by atoms with van der Waals surface area (Å²) in [5.41, 5.74) is 0. The summed E-state index contributed by atoms with van der Waals surface area (Å²) < 4.78 is 6.36. The van der Waals surface area contributed by atoms with Crippen molar-refractivity contribution in [2.75, 3.05) is 7.11 Å². The molecule has 0 aliphatic carbocycles. The molecule has 1 heterocycles. The minimum atomic E-state index is 0.138. The summed E-state index contributed by atoms with van der Waals surface area (Å²) in [6, 6.07) is 0.384. The molecule has 54 valence electrons. The van der Waals surface area contributed by atoms with Gasteiger partial charge < -0.3 is 9.30 Å². The summed E-state index contributed by atoms with van der Waals surface area (Å²) in [5, 5.41) is 2.64. The zero-order valence-corrected chi connectivity index (χ0v) is 5.74. The van der Waals surface area contributed by atoms with Gasteiger partial charge in [0.2, 0.25) is 5.82 Å². The molecule has 0 fully saturated rings. The van der Waals surface area contributed by atoms with Crippen molar-refractivity contribution in [2.45, 2.75) is 0 Å². The Morgan fingerprint density at radius 2 is 2.50 bits per heavy atom. The van der Waals surface area contributed by atoms with Crippen LogP contribution in [0, 0.1) is 4.91 Å². The number of nitrogens with zero attached hydrogens (tertiary/aromatic N) is 3. The summed E-state index contributed by atoms with van der Waals surface area (Å²) >= 11 is 0. The molecule has 0 atom stereocenters. The van der Waals surface area contributed by atoms with Crippen LogP contribution in [-0.2, 0) is 7.05 Å². The summed E-state index contributed by atoms with van der Waals surface area (Å²) in [5.74, 6) is 0.138. The summed E-state index contributed by atoms with van der Waals surface area (Å²) in [7, 11) is 3.21. The molecule has 1 aromatic heterocycles. The Labute approximate surface area is 57.6 Å². The van der Waals surface area contributed by atoms with Gasteiger partial charge in [0.1, 0.15) is 0 Å². The molecule has 0 aliphatic heterocycles. The third kappa shape index (κ3) is 0.975. The maximum atomic E-state index is 9.91.